The molecule has 1 N–H and O–H groups in total. The van der Waals surface area contributed by atoms with Crippen LogP contribution in [-0.4, -0.2) is 19.6 Å². The first-order valence-corrected chi connectivity index (χ1v) is 4.29. The Morgan fingerprint density at radius 3 is 2.44 bits per heavy atom. The van der Waals surface area contributed by atoms with E-state index >= 15 is 0 Å². The zero-order valence-corrected chi connectivity index (χ0v) is 6.03. The van der Waals surface area contributed by atoms with Crippen LogP contribution in [0.2, 0.25) is 0 Å². The number of quaternary nitrogens is 1. The Bertz CT molecular complexity index is 75.2. The number of hydrogen-bond acceptors (Lipinski definition) is 0. The van der Waals surface area contributed by atoms with Gasteiger partial charge in [0.25, 0.3) is 0 Å². The predicted octanol–water partition coefficient (Wildman–Crippen LogP) is 0.0751. The van der Waals surface area contributed by atoms with E-state index < -0.39 is 0 Å². The first-order valence-electron chi connectivity index (χ1n) is 4.29. The maximum atomic E-state index is 1.88. The van der Waals surface area contributed by atoms with Crippen molar-refractivity contribution in [3.8, 4) is 0 Å². The predicted molar refractivity (Wildman–Crippen MR) is 37.5 cm³/mol. The minimum absolute atomic E-state index is 1.12. The van der Waals surface area contributed by atoms with Gasteiger partial charge in [0.05, 0.1) is 19.6 Å². The summed E-state index contributed by atoms with van der Waals surface area (Å²) in [6.07, 6.45) is 6.08. The van der Waals surface area contributed by atoms with Crippen molar-refractivity contribution in [3.05, 3.63) is 0 Å². The fourth-order valence-electron chi connectivity index (χ4n) is 2.27. The Kier molecular flexibility index (Phi) is 1.46. The van der Waals surface area contributed by atoms with Crippen molar-refractivity contribution in [2.75, 3.05) is 19.6 Å². The van der Waals surface area contributed by atoms with Crippen molar-refractivity contribution in [1.82, 2.24) is 0 Å². The molecule has 1 nitrogen and oxygen atoms in total. The quantitative estimate of drug-likeness (QED) is 0.468. The van der Waals surface area contributed by atoms with Gasteiger partial charge >= 0.3 is 0 Å². The molecule has 9 heavy (non-hydrogen) atoms. The smallest absolute Gasteiger partial charge is 0.0773 e. The lowest BCUT2D eigenvalue weighted by Crippen LogP contribution is -3.12. The summed E-state index contributed by atoms with van der Waals surface area (Å²) in [7, 11) is 0. The second-order valence-electron chi connectivity index (χ2n) is 3.59. The Morgan fingerprint density at radius 1 is 0.889 bits per heavy atom. The maximum absolute atomic E-state index is 1.88. The van der Waals surface area contributed by atoms with Crippen LogP contribution >= 0.6 is 0 Å². The van der Waals surface area contributed by atoms with E-state index in [4.69, 9.17) is 0 Å². The summed E-state index contributed by atoms with van der Waals surface area (Å²) in [6, 6.07) is 0. The number of fused-ring (bicyclic) bond motifs is 4. The zero-order chi connectivity index (χ0) is 6.10. The van der Waals surface area contributed by atoms with Crippen LogP contribution in [0.5, 0.6) is 0 Å². The van der Waals surface area contributed by atoms with Crippen molar-refractivity contribution in [3.63, 3.8) is 0 Å². The van der Waals surface area contributed by atoms with Crippen LogP contribution in [0, 0.1) is 5.92 Å². The standard InChI is InChI=1S/C8H15N/c1-2-8-3-6-9(5-1)7-4-8/h8H,1-7H2/p+1. The lowest BCUT2D eigenvalue weighted by molar-refractivity contribution is -0.903. The van der Waals surface area contributed by atoms with Gasteiger partial charge in [0, 0.05) is 0 Å². The highest BCUT2D eigenvalue weighted by molar-refractivity contribution is 4.65. The molecule has 1 heteroatoms. The van der Waals surface area contributed by atoms with Gasteiger partial charge in [-0.1, -0.05) is 0 Å². The van der Waals surface area contributed by atoms with E-state index in [-0.39, 0.29) is 0 Å². The molecule has 0 spiro atoms. The third kappa shape index (κ3) is 1.11. The molecule has 2 bridgehead atoms. The minimum Gasteiger partial charge on any atom is -0.335 e. The minimum atomic E-state index is 1.12. The molecule has 0 saturated carbocycles. The largest absolute Gasteiger partial charge is 0.335 e. The summed E-state index contributed by atoms with van der Waals surface area (Å²) in [5.41, 5.74) is 0. The van der Waals surface area contributed by atoms with Crippen LogP contribution in [0.25, 0.3) is 0 Å². The number of piperidine rings is 1. The molecule has 0 atom stereocenters. The van der Waals surface area contributed by atoms with Crippen LogP contribution in [0.4, 0.5) is 0 Å². The highest BCUT2D eigenvalue weighted by atomic mass is 15.1. The molecule has 3 rings (SSSR count). The Morgan fingerprint density at radius 2 is 1.67 bits per heavy atom. The van der Waals surface area contributed by atoms with E-state index in [1.807, 2.05) is 4.90 Å². The first kappa shape index (κ1) is 5.72. The molecular weight excluding hydrogens is 110 g/mol. The van der Waals surface area contributed by atoms with E-state index in [1.54, 1.807) is 0 Å². The Balaban J connectivity index is 2.03. The second kappa shape index (κ2) is 2.30. The van der Waals surface area contributed by atoms with Crippen molar-refractivity contribution >= 4 is 0 Å². The van der Waals surface area contributed by atoms with Crippen LogP contribution in [0.1, 0.15) is 25.7 Å². The van der Waals surface area contributed by atoms with Gasteiger partial charge in [0.1, 0.15) is 0 Å². The fraction of sp³-hybridized carbons (Fsp3) is 1.00. The molecule has 52 valence electrons. The van der Waals surface area contributed by atoms with Gasteiger partial charge in [-0.15, -0.1) is 0 Å². The highest BCUT2D eigenvalue weighted by Gasteiger charge is 2.25. The molecule has 3 aliphatic rings. The van der Waals surface area contributed by atoms with Gasteiger partial charge in [-0.05, 0) is 31.6 Å². The molecule has 0 aromatic heterocycles. The zero-order valence-electron chi connectivity index (χ0n) is 6.03. The highest BCUT2D eigenvalue weighted by Crippen LogP contribution is 2.17. The van der Waals surface area contributed by atoms with Gasteiger partial charge in [-0.25, -0.2) is 0 Å². The Hall–Kier alpha value is -0.0400. The van der Waals surface area contributed by atoms with Gasteiger partial charge in [0.15, 0.2) is 0 Å². The van der Waals surface area contributed by atoms with Crippen LogP contribution in [0.15, 0.2) is 0 Å². The van der Waals surface area contributed by atoms with E-state index in [1.165, 1.54) is 45.3 Å². The normalized spacial score (nSPS) is 42.7. The maximum Gasteiger partial charge on any atom is 0.0773 e. The van der Waals surface area contributed by atoms with Crippen LogP contribution < -0.4 is 4.90 Å². The Labute approximate surface area is 57.0 Å². The molecule has 3 heterocycles. The second-order valence-corrected chi connectivity index (χ2v) is 3.59. The molecule has 0 unspecified atom stereocenters. The van der Waals surface area contributed by atoms with Crippen molar-refractivity contribution in [2.45, 2.75) is 25.7 Å². The number of rotatable bonds is 0. The first-order chi connectivity index (χ1) is 4.45. The molecule has 3 fully saturated rings. The molecule has 0 amide bonds. The average molecular weight is 126 g/mol. The number of nitrogens with one attached hydrogen (secondary N) is 1. The molecule has 3 saturated heterocycles. The van der Waals surface area contributed by atoms with Crippen molar-refractivity contribution in [2.24, 2.45) is 5.92 Å². The van der Waals surface area contributed by atoms with E-state index in [0.29, 0.717) is 0 Å². The lowest BCUT2D eigenvalue weighted by Gasteiger charge is -2.23. The average Bonchev–Trinajstić information content (AvgIpc) is 2.21. The SMILES string of the molecule is C1CC2CC[NH+](C1)CC2. The van der Waals surface area contributed by atoms with Gasteiger partial charge in [-0.2, -0.15) is 0 Å². The molecule has 0 radical (unpaired) electrons. The van der Waals surface area contributed by atoms with Gasteiger partial charge < -0.3 is 4.90 Å². The van der Waals surface area contributed by atoms with E-state index in [2.05, 4.69) is 0 Å². The summed E-state index contributed by atoms with van der Waals surface area (Å²) in [6.45, 7) is 4.42. The lowest BCUT2D eigenvalue weighted by atomic mass is 9.96. The van der Waals surface area contributed by atoms with Crippen LogP contribution in [-0.2, 0) is 0 Å². The summed E-state index contributed by atoms with van der Waals surface area (Å²) in [5, 5.41) is 0. The van der Waals surface area contributed by atoms with Crippen molar-refractivity contribution < 1.29 is 4.90 Å². The van der Waals surface area contributed by atoms with Gasteiger partial charge in [0.2, 0.25) is 0 Å². The van der Waals surface area contributed by atoms with Crippen LogP contribution in [0.3, 0.4) is 0 Å². The summed E-state index contributed by atoms with van der Waals surface area (Å²) in [4.78, 5) is 1.88. The molecule has 0 aromatic rings. The van der Waals surface area contributed by atoms with E-state index in [9.17, 15) is 0 Å². The third-order valence-electron chi connectivity index (χ3n) is 2.95. The van der Waals surface area contributed by atoms with Crippen molar-refractivity contribution in [1.29, 1.82) is 0 Å². The number of hydrogen-bond donors (Lipinski definition) is 1. The molecule has 3 aliphatic heterocycles. The fourth-order valence-corrected chi connectivity index (χ4v) is 2.27. The molecular formula is C8H16N+. The molecule has 0 aromatic carbocycles. The van der Waals surface area contributed by atoms with Gasteiger partial charge in [-0.3, -0.25) is 0 Å². The summed E-state index contributed by atoms with van der Waals surface area (Å²) in [5.74, 6) is 1.12. The van der Waals surface area contributed by atoms with E-state index in [0.717, 1.165) is 5.92 Å². The third-order valence-corrected chi connectivity index (χ3v) is 2.95. The molecule has 0 aliphatic carbocycles. The summed E-state index contributed by atoms with van der Waals surface area (Å²) >= 11 is 0. The summed E-state index contributed by atoms with van der Waals surface area (Å²) < 4.78 is 0. The monoisotopic (exact) mass is 126 g/mol. The topological polar surface area (TPSA) is 4.44 Å².